The van der Waals surface area contributed by atoms with Crippen LogP contribution >= 0.6 is 0 Å². The number of fused-ring (bicyclic) bond motifs is 1. The molecule has 0 aliphatic carbocycles. The largest absolute Gasteiger partial charge is 0.492 e. The first-order valence-corrected chi connectivity index (χ1v) is 11.1. The van der Waals surface area contributed by atoms with Crippen LogP contribution in [0.25, 0.3) is 0 Å². The Balaban J connectivity index is 1.54. The van der Waals surface area contributed by atoms with Crippen LogP contribution < -0.4 is 29.2 Å². The van der Waals surface area contributed by atoms with Crippen molar-refractivity contribution in [2.45, 2.75) is 20.3 Å². The van der Waals surface area contributed by atoms with E-state index >= 15 is 0 Å². The summed E-state index contributed by atoms with van der Waals surface area (Å²) in [6.07, 6.45) is 0.206. The first-order chi connectivity index (χ1) is 15.7. The number of nitrogens with zero attached hydrogens (tertiary/aromatic N) is 1. The number of benzene rings is 2. The maximum Gasteiger partial charge on any atom is 0.228 e. The Labute approximate surface area is 188 Å². The lowest BCUT2D eigenvalue weighted by Gasteiger charge is -2.31. The van der Waals surface area contributed by atoms with Crippen molar-refractivity contribution in [3.63, 3.8) is 0 Å². The maximum absolute atomic E-state index is 12.9. The highest BCUT2D eigenvalue weighted by Gasteiger charge is 2.21. The van der Waals surface area contributed by atoms with E-state index < -0.39 is 0 Å². The van der Waals surface area contributed by atoms with E-state index in [2.05, 4.69) is 10.2 Å². The molecule has 172 valence electrons. The van der Waals surface area contributed by atoms with Crippen LogP contribution in [-0.2, 0) is 16.0 Å². The summed E-state index contributed by atoms with van der Waals surface area (Å²) in [6.45, 7) is 8.82. The predicted octanol–water partition coefficient (Wildman–Crippen LogP) is 3.27. The fourth-order valence-corrected chi connectivity index (χ4v) is 3.82. The molecule has 4 rings (SSSR count). The summed E-state index contributed by atoms with van der Waals surface area (Å²) in [6, 6.07) is 9.36. The van der Waals surface area contributed by atoms with Gasteiger partial charge in [-0.2, -0.15) is 0 Å². The molecule has 2 aromatic rings. The number of anilines is 2. The molecule has 0 atom stereocenters. The average molecular weight is 443 g/mol. The smallest absolute Gasteiger partial charge is 0.228 e. The third kappa shape index (κ3) is 5.19. The Kier molecular flexibility index (Phi) is 7.21. The first-order valence-electron chi connectivity index (χ1n) is 11.1. The van der Waals surface area contributed by atoms with Gasteiger partial charge in [-0.25, -0.2) is 0 Å². The van der Waals surface area contributed by atoms with Gasteiger partial charge in [0, 0.05) is 25.2 Å². The van der Waals surface area contributed by atoms with E-state index in [0.29, 0.717) is 68.3 Å². The minimum Gasteiger partial charge on any atom is -0.492 e. The van der Waals surface area contributed by atoms with Gasteiger partial charge in [0.1, 0.15) is 24.7 Å². The maximum atomic E-state index is 12.9. The SMILES string of the molecule is CCOc1cc(N2CCOCC2)c(OCC)cc1NC(=O)Cc1ccc2c(c1)OCCO2. The van der Waals surface area contributed by atoms with Gasteiger partial charge in [0.2, 0.25) is 5.91 Å². The van der Waals surface area contributed by atoms with E-state index in [0.717, 1.165) is 24.3 Å². The van der Waals surface area contributed by atoms with Gasteiger partial charge in [-0.05, 0) is 31.5 Å². The number of ether oxygens (including phenoxy) is 5. The molecular weight excluding hydrogens is 412 g/mol. The third-order valence-electron chi connectivity index (χ3n) is 5.26. The quantitative estimate of drug-likeness (QED) is 0.672. The molecule has 8 heteroatoms. The van der Waals surface area contributed by atoms with Crippen LogP contribution in [-0.4, -0.2) is 58.6 Å². The lowest BCUT2D eigenvalue weighted by molar-refractivity contribution is -0.115. The second-order valence-electron chi connectivity index (χ2n) is 7.48. The molecule has 0 saturated carbocycles. The lowest BCUT2D eigenvalue weighted by atomic mass is 10.1. The van der Waals surface area contributed by atoms with Crippen molar-refractivity contribution in [2.75, 3.05) is 62.9 Å². The molecule has 0 bridgehead atoms. The summed E-state index contributed by atoms with van der Waals surface area (Å²) in [4.78, 5) is 15.1. The summed E-state index contributed by atoms with van der Waals surface area (Å²) >= 11 is 0. The molecule has 0 aromatic heterocycles. The van der Waals surface area contributed by atoms with E-state index in [4.69, 9.17) is 23.7 Å². The third-order valence-corrected chi connectivity index (χ3v) is 5.26. The standard InChI is InChI=1S/C24H30N2O6/c1-3-29-21-16-19(26-7-9-28-10-8-26)22(30-4-2)15-18(21)25-24(27)14-17-5-6-20-23(13-17)32-12-11-31-20/h5-6,13,15-16H,3-4,7-12,14H2,1-2H3,(H,25,27). The molecule has 32 heavy (non-hydrogen) atoms. The molecule has 2 heterocycles. The van der Waals surface area contributed by atoms with E-state index in [1.807, 2.05) is 44.2 Å². The number of hydrogen-bond acceptors (Lipinski definition) is 7. The summed E-state index contributed by atoms with van der Waals surface area (Å²) in [5.74, 6) is 2.56. The zero-order valence-corrected chi connectivity index (χ0v) is 18.6. The molecule has 0 unspecified atom stereocenters. The lowest BCUT2D eigenvalue weighted by Crippen LogP contribution is -2.36. The molecule has 0 radical (unpaired) electrons. The number of carbonyl (C=O) groups excluding carboxylic acids is 1. The van der Waals surface area contributed by atoms with E-state index in [1.54, 1.807) is 0 Å². The van der Waals surface area contributed by atoms with Crippen molar-refractivity contribution in [2.24, 2.45) is 0 Å². The van der Waals surface area contributed by atoms with Gasteiger partial charge in [-0.15, -0.1) is 0 Å². The van der Waals surface area contributed by atoms with Gasteiger partial charge in [0.15, 0.2) is 11.5 Å². The second kappa shape index (κ2) is 10.5. The summed E-state index contributed by atoms with van der Waals surface area (Å²) in [5.41, 5.74) is 2.39. The normalized spacial score (nSPS) is 15.2. The van der Waals surface area contributed by atoms with Crippen LogP contribution in [0.3, 0.4) is 0 Å². The summed E-state index contributed by atoms with van der Waals surface area (Å²) < 4.78 is 28.4. The molecule has 2 aromatic carbocycles. The Hall–Kier alpha value is -3.13. The molecule has 2 aliphatic rings. The van der Waals surface area contributed by atoms with Gasteiger partial charge in [-0.1, -0.05) is 6.07 Å². The first kappa shape index (κ1) is 22.1. The number of rotatable bonds is 8. The van der Waals surface area contributed by atoms with E-state index in [1.165, 1.54) is 0 Å². The predicted molar refractivity (Wildman–Crippen MR) is 122 cm³/mol. The minimum atomic E-state index is -0.149. The van der Waals surface area contributed by atoms with Crippen LogP contribution in [0.5, 0.6) is 23.0 Å². The van der Waals surface area contributed by atoms with Gasteiger partial charge in [-0.3, -0.25) is 4.79 Å². The zero-order valence-electron chi connectivity index (χ0n) is 18.6. The molecule has 8 nitrogen and oxygen atoms in total. The summed E-state index contributed by atoms with van der Waals surface area (Å²) in [7, 11) is 0. The number of nitrogens with one attached hydrogen (secondary N) is 1. The molecule has 2 aliphatic heterocycles. The molecule has 1 saturated heterocycles. The van der Waals surface area contributed by atoms with Crippen LogP contribution in [0.2, 0.25) is 0 Å². The Morgan fingerprint density at radius 3 is 2.41 bits per heavy atom. The minimum absolute atomic E-state index is 0.149. The molecule has 1 N–H and O–H groups in total. The van der Waals surface area contributed by atoms with Crippen LogP contribution in [0, 0.1) is 0 Å². The van der Waals surface area contributed by atoms with Crippen molar-refractivity contribution in [1.82, 2.24) is 0 Å². The molecular formula is C24H30N2O6. The fraction of sp³-hybridized carbons (Fsp3) is 0.458. The molecule has 0 spiro atoms. The number of amides is 1. The second-order valence-corrected chi connectivity index (χ2v) is 7.48. The van der Waals surface area contributed by atoms with Gasteiger partial charge < -0.3 is 33.9 Å². The highest BCUT2D eigenvalue weighted by Crippen LogP contribution is 2.39. The van der Waals surface area contributed by atoms with Crippen LogP contribution in [0.1, 0.15) is 19.4 Å². The van der Waals surface area contributed by atoms with Crippen LogP contribution in [0.15, 0.2) is 30.3 Å². The fourth-order valence-electron chi connectivity index (χ4n) is 3.82. The molecule has 1 fully saturated rings. The van der Waals surface area contributed by atoms with E-state index in [-0.39, 0.29) is 12.3 Å². The summed E-state index contributed by atoms with van der Waals surface area (Å²) in [5, 5.41) is 2.99. The zero-order chi connectivity index (χ0) is 22.3. The van der Waals surface area contributed by atoms with Gasteiger partial charge in [0.05, 0.1) is 44.2 Å². The number of carbonyl (C=O) groups is 1. The highest BCUT2D eigenvalue weighted by atomic mass is 16.6. The Bertz CT molecular complexity index is 942. The van der Waals surface area contributed by atoms with Crippen LogP contribution in [0.4, 0.5) is 11.4 Å². The van der Waals surface area contributed by atoms with Crippen molar-refractivity contribution in [3.05, 3.63) is 35.9 Å². The van der Waals surface area contributed by atoms with Crippen molar-refractivity contribution >= 4 is 17.3 Å². The van der Waals surface area contributed by atoms with Crippen molar-refractivity contribution < 1.29 is 28.5 Å². The highest BCUT2D eigenvalue weighted by molar-refractivity contribution is 5.94. The Morgan fingerprint density at radius 1 is 0.938 bits per heavy atom. The van der Waals surface area contributed by atoms with Gasteiger partial charge >= 0.3 is 0 Å². The Morgan fingerprint density at radius 2 is 1.66 bits per heavy atom. The number of hydrogen-bond donors (Lipinski definition) is 1. The topological polar surface area (TPSA) is 78.5 Å². The van der Waals surface area contributed by atoms with Crippen molar-refractivity contribution in [3.8, 4) is 23.0 Å². The van der Waals surface area contributed by atoms with Crippen molar-refractivity contribution in [1.29, 1.82) is 0 Å². The molecule has 1 amide bonds. The average Bonchev–Trinajstić information content (AvgIpc) is 2.81. The monoisotopic (exact) mass is 442 g/mol. The number of morpholine rings is 1. The van der Waals surface area contributed by atoms with Gasteiger partial charge in [0.25, 0.3) is 0 Å². The van der Waals surface area contributed by atoms with E-state index in [9.17, 15) is 4.79 Å².